The number of aromatic nitrogens is 20. The van der Waals surface area contributed by atoms with Crippen LogP contribution < -0.4 is 56.2 Å². The lowest BCUT2D eigenvalue weighted by atomic mass is 10.5. The van der Waals surface area contributed by atoms with Crippen LogP contribution in [0.3, 0.4) is 0 Å². The Bertz CT molecular complexity index is 3730. The maximum atomic E-state index is 11.7. The molecule has 70 heavy (non-hydrogen) atoms. The normalized spacial score (nSPS) is 11.1. The van der Waals surface area contributed by atoms with Gasteiger partial charge < -0.3 is 22.8 Å². The lowest BCUT2D eigenvalue weighted by molar-refractivity contribution is 0.705. The second-order valence-electron chi connectivity index (χ2n) is 16.2. The molecular weight excluding hydrogens is 921 g/mol. The van der Waals surface area contributed by atoms with E-state index in [1.807, 2.05) is 0 Å². The molecule has 30 heteroatoms. The van der Waals surface area contributed by atoms with E-state index < -0.39 is 0 Å². The molecule has 10 rings (SSSR count). The van der Waals surface area contributed by atoms with Crippen LogP contribution in [0.25, 0.3) is 55.8 Å². The molecule has 10 aromatic heterocycles. The molecule has 0 aromatic carbocycles. The second-order valence-corrected chi connectivity index (χ2v) is 16.2. The Morgan fingerprint density at radius 2 is 0.357 bits per heavy atom. The molecule has 0 saturated heterocycles. The van der Waals surface area contributed by atoms with Crippen molar-refractivity contribution in [3.8, 4) is 0 Å². The van der Waals surface area contributed by atoms with Gasteiger partial charge >= 0.3 is 28.4 Å². The Balaban J connectivity index is 0.000000143. The van der Waals surface area contributed by atoms with E-state index in [2.05, 4.69) is 24.9 Å². The lowest BCUT2D eigenvalue weighted by Gasteiger charge is -2.02. The van der Waals surface area contributed by atoms with Crippen LogP contribution in [0.1, 0.15) is 0 Å². The molecular formula is C40H50N20O10. The number of hydrogen-bond donors (Lipinski definition) is 0. The van der Waals surface area contributed by atoms with E-state index in [0.29, 0.717) is 55.8 Å². The highest BCUT2D eigenvalue weighted by Crippen LogP contribution is 2.05. The molecule has 10 aromatic rings. The molecule has 0 bridgehead atoms. The standard InChI is InChI=1S/5C8H10N4O2/c5*1-10-4-9-6-5(10)7(13)12(3)8(14)11(6)2/h5*4H,1-3H3. The summed E-state index contributed by atoms with van der Waals surface area (Å²) in [5.41, 5.74) is 0.900. The van der Waals surface area contributed by atoms with Crippen molar-refractivity contribution in [1.82, 2.24) is 93.4 Å². The third-order valence-electron chi connectivity index (χ3n) is 11.6. The van der Waals surface area contributed by atoms with Gasteiger partial charge in [-0.3, -0.25) is 69.6 Å². The van der Waals surface area contributed by atoms with Crippen molar-refractivity contribution in [3.63, 3.8) is 0 Å². The molecule has 0 radical (unpaired) electrons. The average Bonchev–Trinajstić information content (AvgIpc) is 4.19. The zero-order valence-electron chi connectivity index (χ0n) is 40.9. The molecule has 0 fully saturated rings. The van der Waals surface area contributed by atoms with Crippen molar-refractivity contribution in [2.75, 3.05) is 0 Å². The molecule has 0 spiro atoms. The summed E-state index contributed by atoms with van der Waals surface area (Å²) in [4.78, 5) is 136. The lowest BCUT2D eigenvalue weighted by Crippen LogP contribution is -2.37. The van der Waals surface area contributed by atoms with Gasteiger partial charge in [-0.25, -0.2) is 48.9 Å². The van der Waals surface area contributed by atoms with E-state index in [0.717, 1.165) is 22.8 Å². The molecule has 0 aliphatic carbocycles. The Morgan fingerprint density at radius 1 is 0.229 bits per heavy atom. The van der Waals surface area contributed by atoms with Gasteiger partial charge in [0.05, 0.1) is 31.6 Å². The first-order valence-corrected chi connectivity index (χ1v) is 20.5. The minimum atomic E-state index is -0.360. The van der Waals surface area contributed by atoms with E-state index in [1.54, 1.807) is 93.3 Å². The van der Waals surface area contributed by atoms with Crippen LogP contribution in [0.5, 0.6) is 0 Å². The average molecular weight is 971 g/mol. The third kappa shape index (κ3) is 8.08. The summed E-state index contributed by atoms with van der Waals surface area (Å²) in [7, 11) is 23.9. The van der Waals surface area contributed by atoms with Gasteiger partial charge in [-0.15, -0.1) is 0 Å². The number of fused-ring (bicyclic) bond motifs is 5. The highest BCUT2D eigenvalue weighted by molar-refractivity contribution is 5.72. The van der Waals surface area contributed by atoms with Crippen LogP contribution in [0.15, 0.2) is 79.6 Å². The summed E-state index contributed by atoms with van der Waals surface area (Å²) >= 11 is 0. The smallest absolute Gasteiger partial charge is 0.328 e. The molecule has 0 N–H and O–H groups in total. The Hall–Kier alpha value is -9.25. The molecule has 0 aliphatic heterocycles. The SMILES string of the molecule is Cn1c(=O)c2c(ncn2C)n(C)c1=O.Cn1c(=O)c2c(ncn2C)n(C)c1=O.Cn1c(=O)c2c(ncn2C)n(C)c1=O.Cn1c(=O)c2c(ncn2C)n(C)c1=O.Cn1c(=O)c2c(ncn2C)n(C)c1=O. The van der Waals surface area contributed by atoms with Crippen LogP contribution >= 0.6 is 0 Å². The van der Waals surface area contributed by atoms with Crippen molar-refractivity contribution in [2.45, 2.75) is 0 Å². The van der Waals surface area contributed by atoms with E-state index in [9.17, 15) is 47.9 Å². The number of hydrogen-bond acceptors (Lipinski definition) is 15. The molecule has 0 aliphatic rings. The minimum absolute atomic E-state index is 0.317. The Morgan fingerprint density at radius 3 is 0.486 bits per heavy atom. The van der Waals surface area contributed by atoms with Crippen LogP contribution in [0.4, 0.5) is 0 Å². The van der Waals surface area contributed by atoms with Gasteiger partial charge in [0.25, 0.3) is 27.8 Å². The monoisotopic (exact) mass is 970 g/mol. The van der Waals surface area contributed by atoms with Gasteiger partial charge in [0, 0.05) is 106 Å². The van der Waals surface area contributed by atoms with Crippen molar-refractivity contribution in [2.24, 2.45) is 106 Å². The molecule has 0 unspecified atom stereocenters. The van der Waals surface area contributed by atoms with E-state index in [4.69, 9.17) is 0 Å². The summed E-state index contributed by atoms with van der Waals surface area (Å²) < 4.78 is 20.2. The molecule has 0 saturated carbocycles. The summed E-state index contributed by atoms with van der Waals surface area (Å²) in [6, 6.07) is 0. The summed E-state index contributed by atoms with van der Waals surface area (Å²) in [5, 5.41) is 0. The molecule has 30 nitrogen and oxygen atoms in total. The van der Waals surface area contributed by atoms with Crippen LogP contribution in [-0.4, -0.2) is 93.4 Å². The van der Waals surface area contributed by atoms with E-state index in [1.165, 1.54) is 89.7 Å². The second kappa shape index (κ2) is 18.4. The minimum Gasteiger partial charge on any atom is -0.328 e. The van der Waals surface area contributed by atoms with Crippen LogP contribution in [0, 0.1) is 0 Å². The maximum absolute atomic E-state index is 11.7. The Kier molecular flexibility index (Phi) is 13.2. The van der Waals surface area contributed by atoms with E-state index in [-0.39, 0.29) is 56.2 Å². The number of aryl methyl sites for hydroxylation is 10. The van der Waals surface area contributed by atoms with Crippen molar-refractivity contribution >= 4 is 55.8 Å². The highest BCUT2D eigenvalue weighted by Gasteiger charge is 2.16. The van der Waals surface area contributed by atoms with Gasteiger partial charge in [0.2, 0.25) is 0 Å². The highest BCUT2D eigenvalue weighted by atomic mass is 16.2. The summed E-state index contributed by atoms with van der Waals surface area (Å²) in [6.45, 7) is 0. The van der Waals surface area contributed by atoms with E-state index >= 15 is 0 Å². The predicted octanol–water partition coefficient (Wildman–Crippen LogP) is -5.15. The maximum Gasteiger partial charge on any atom is 0.332 e. The van der Waals surface area contributed by atoms with Crippen molar-refractivity contribution in [3.05, 3.63) is 136 Å². The number of nitrogens with zero attached hydrogens (tertiary/aromatic N) is 20. The largest absolute Gasteiger partial charge is 0.332 e. The van der Waals surface area contributed by atoms with Crippen molar-refractivity contribution < 1.29 is 0 Å². The van der Waals surface area contributed by atoms with Gasteiger partial charge in [0.15, 0.2) is 55.8 Å². The zero-order valence-corrected chi connectivity index (χ0v) is 40.9. The zero-order chi connectivity index (χ0) is 52.3. The number of rotatable bonds is 0. The Labute approximate surface area is 390 Å². The van der Waals surface area contributed by atoms with Gasteiger partial charge in [-0.05, 0) is 0 Å². The summed E-state index contributed by atoms with van der Waals surface area (Å²) in [6.07, 6.45) is 7.60. The first-order valence-electron chi connectivity index (χ1n) is 20.5. The molecule has 370 valence electrons. The quantitative estimate of drug-likeness (QED) is 0.137. The third-order valence-corrected chi connectivity index (χ3v) is 11.6. The van der Waals surface area contributed by atoms with Crippen LogP contribution in [-0.2, 0) is 106 Å². The van der Waals surface area contributed by atoms with Gasteiger partial charge in [0.1, 0.15) is 0 Å². The molecule has 0 amide bonds. The first-order chi connectivity index (χ1) is 32.7. The molecule has 10 heterocycles. The fourth-order valence-corrected chi connectivity index (χ4v) is 7.36. The first kappa shape index (κ1) is 50.2. The fourth-order valence-electron chi connectivity index (χ4n) is 7.36. The van der Waals surface area contributed by atoms with Gasteiger partial charge in [-0.1, -0.05) is 0 Å². The fraction of sp³-hybridized carbons (Fsp3) is 0.375. The topological polar surface area (TPSA) is 309 Å². The summed E-state index contributed by atoms with van der Waals surface area (Å²) in [5.74, 6) is 0. The van der Waals surface area contributed by atoms with Crippen LogP contribution in [0.2, 0.25) is 0 Å². The van der Waals surface area contributed by atoms with Gasteiger partial charge in [-0.2, -0.15) is 0 Å². The predicted molar refractivity (Wildman–Crippen MR) is 256 cm³/mol. The molecule has 0 atom stereocenters. The van der Waals surface area contributed by atoms with Crippen molar-refractivity contribution in [1.29, 1.82) is 0 Å². The number of imidazole rings is 5.